The highest BCUT2D eigenvalue weighted by Gasteiger charge is 2.16. The van der Waals surface area contributed by atoms with Crippen LogP contribution in [0, 0.1) is 18.3 Å². The van der Waals surface area contributed by atoms with Gasteiger partial charge in [0.15, 0.2) is 4.34 Å². The molecule has 0 radical (unpaired) electrons. The highest BCUT2D eigenvalue weighted by Crippen LogP contribution is 2.26. The van der Waals surface area contributed by atoms with Gasteiger partial charge in [-0.3, -0.25) is 4.72 Å². The summed E-state index contributed by atoms with van der Waals surface area (Å²) in [6.45, 7) is 1.88. The number of nitrogens with one attached hydrogen (secondary N) is 1. The highest BCUT2D eigenvalue weighted by molar-refractivity contribution is 8.01. The second-order valence-corrected chi connectivity index (χ2v) is 7.62. The largest absolute Gasteiger partial charge is 0.263 e. The predicted octanol–water partition coefficient (Wildman–Crippen LogP) is 2.26. The van der Waals surface area contributed by atoms with Gasteiger partial charge in [0.2, 0.25) is 5.13 Å². The van der Waals surface area contributed by atoms with Crippen molar-refractivity contribution in [2.24, 2.45) is 0 Å². The van der Waals surface area contributed by atoms with Crippen molar-refractivity contribution in [2.75, 3.05) is 10.5 Å². The summed E-state index contributed by atoms with van der Waals surface area (Å²) >= 11 is 2.31. The molecule has 0 aliphatic rings. The summed E-state index contributed by atoms with van der Waals surface area (Å²) in [5.41, 5.74) is 0.982. The summed E-state index contributed by atoms with van der Waals surface area (Å²) in [4.78, 5) is 0.171. The van der Waals surface area contributed by atoms with Crippen molar-refractivity contribution in [2.45, 2.75) is 16.2 Å². The number of hydrogen-bond donors (Lipinski definition) is 1. The lowest BCUT2D eigenvalue weighted by atomic mass is 10.2. The lowest BCUT2D eigenvalue weighted by Crippen LogP contribution is -2.12. The standard InChI is InChI=1S/C11H10N4O2S3/c1-8-2-4-9(5-3-8)20(16,17)15-10-13-14-11(19-10)18-7-6-12/h2-5H,7H2,1H3,(H,13,15). The van der Waals surface area contributed by atoms with E-state index in [0.717, 1.165) is 16.9 Å². The van der Waals surface area contributed by atoms with Crippen LogP contribution in [-0.2, 0) is 10.0 Å². The van der Waals surface area contributed by atoms with E-state index < -0.39 is 10.0 Å². The minimum atomic E-state index is -3.65. The van der Waals surface area contributed by atoms with Gasteiger partial charge in [-0.1, -0.05) is 40.8 Å². The van der Waals surface area contributed by atoms with Crippen LogP contribution in [0.5, 0.6) is 0 Å². The SMILES string of the molecule is Cc1ccc(S(=O)(=O)Nc2nnc(SCC#N)s2)cc1. The molecular formula is C11H10N4O2S3. The van der Waals surface area contributed by atoms with Crippen LogP contribution in [-0.4, -0.2) is 24.4 Å². The fraction of sp³-hybridized carbons (Fsp3) is 0.182. The van der Waals surface area contributed by atoms with Gasteiger partial charge in [0.25, 0.3) is 10.0 Å². The van der Waals surface area contributed by atoms with Crippen LogP contribution in [0.25, 0.3) is 0 Å². The molecule has 6 nitrogen and oxygen atoms in total. The smallest absolute Gasteiger partial charge is 0.253 e. The molecule has 0 fully saturated rings. The molecule has 0 unspecified atom stereocenters. The Morgan fingerprint density at radius 1 is 1.35 bits per heavy atom. The molecule has 0 amide bonds. The third kappa shape index (κ3) is 3.69. The van der Waals surface area contributed by atoms with Crippen molar-refractivity contribution in [3.8, 4) is 6.07 Å². The lowest BCUT2D eigenvalue weighted by Gasteiger charge is -2.04. The van der Waals surface area contributed by atoms with Crippen LogP contribution in [0.4, 0.5) is 5.13 Å². The van der Waals surface area contributed by atoms with Gasteiger partial charge in [-0.05, 0) is 19.1 Å². The lowest BCUT2D eigenvalue weighted by molar-refractivity contribution is 0.601. The van der Waals surface area contributed by atoms with Crippen LogP contribution >= 0.6 is 23.1 Å². The number of aryl methyl sites for hydroxylation is 1. The third-order valence-corrected chi connectivity index (χ3v) is 5.54. The van der Waals surface area contributed by atoms with Crippen LogP contribution in [0.2, 0.25) is 0 Å². The molecule has 1 aromatic heterocycles. The number of sulfonamides is 1. The van der Waals surface area contributed by atoms with E-state index in [1.165, 1.54) is 23.9 Å². The maximum Gasteiger partial charge on any atom is 0.263 e. The summed E-state index contributed by atoms with van der Waals surface area (Å²) in [6, 6.07) is 8.48. The first-order valence-electron chi connectivity index (χ1n) is 5.44. The van der Waals surface area contributed by atoms with E-state index >= 15 is 0 Å². The monoisotopic (exact) mass is 326 g/mol. The molecule has 1 aromatic carbocycles. The molecule has 0 saturated carbocycles. The summed E-state index contributed by atoms with van der Waals surface area (Å²) in [5, 5.41) is 16.2. The molecule has 104 valence electrons. The second-order valence-electron chi connectivity index (χ2n) is 3.74. The van der Waals surface area contributed by atoms with Crippen LogP contribution in [0.15, 0.2) is 33.5 Å². The molecule has 0 atom stereocenters. The number of rotatable bonds is 5. The fourth-order valence-corrected chi connectivity index (χ4v) is 3.94. The topological polar surface area (TPSA) is 95.7 Å². The Morgan fingerprint density at radius 2 is 2.05 bits per heavy atom. The zero-order valence-electron chi connectivity index (χ0n) is 10.4. The number of thioether (sulfide) groups is 1. The molecule has 0 bridgehead atoms. The summed E-state index contributed by atoms with van der Waals surface area (Å²) in [5.74, 6) is 0.249. The highest BCUT2D eigenvalue weighted by atomic mass is 32.2. The van der Waals surface area contributed by atoms with Crippen molar-refractivity contribution in [1.29, 1.82) is 5.26 Å². The maximum atomic E-state index is 12.1. The van der Waals surface area contributed by atoms with Gasteiger partial charge in [0.1, 0.15) is 0 Å². The molecule has 0 spiro atoms. The molecule has 2 aromatic rings. The zero-order chi connectivity index (χ0) is 14.6. The van der Waals surface area contributed by atoms with Gasteiger partial charge >= 0.3 is 0 Å². The normalized spacial score (nSPS) is 11.0. The van der Waals surface area contributed by atoms with Gasteiger partial charge in [0.05, 0.1) is 16.7 Å². The molecule has 9 heteroatoms. The molecule has 1 heterocycles. The van der Waals surface area contributed by atoms with Gasteiger partial charge < -0.3 is 0 Å². The van der Waals surface area contributed by atoms with Gasteiger partial charge in [-0.2, -0.15) is 5.26 Å². The Bertz CT molecular complexity index is 732. The number of nitriles is 1. The number of benzene rings is 1. The summed E-state index contributed by atoms with van der Waals surface area (Å²) in [7, 11) is -3.65. The number of aromatic nitrogens is 2. The van der Waals surface area contributed by atoms with E-state index in [1.807, 2.05) is 13.0 Å². The molecule has 0 aliphatic heterocycles. The van der Waals surface area contributed by atoms with Crippen LogP contribution < -0.4 is 4.72 Å². The van der Waals surface area contributed by atoms with Crippen LogP contribution in [0.3, 0.4) is 0 Å². The Kier molecular flexibility index (Phi) is 4.59. The first-order valence-corrected chi connectivity index (χ1v) is 8.72. The molecule has 0 aliphatic carbocycles. The first kappa shape index (κ1) is 14.8. The Labute approximate surface area is 124 Å². The molecule has 0 saturated heterocycles. The zero-order valence-corrected chi connectivity index (χ0v) is 12.8. The van der Waals surface area contributed by atoms with Crippen molar-refractivity contribution >= 4 is 38.3 Å². The van der Waals surface area contributed by atoms with Crippen molar-refractivity contribution in [1.82, 2.24) is 10.2 Å². The van der Waals surface area contributed by atoms with Crippen molar-refractivity contribution < 1.29 is 8.42 Å². The van der Waals surface area contributed by atoms with Gasteiger partial charge in [-0.15, -0.1) is 10.2 Å². The van der Waals surface area contributed by atoms with Crippen LogP contribution in [0.1, 0.15) is 5.56 Å². The average Bonchev–Trinajstić information content (AvgIpc) is 2.83. The quantitative estimate of drug-likeness (QED) is 0.847. The van der Waals surface area contributed by atoms with E-state index in [4.69, 9.17) is 5.26 Å². The van der Waals surface area contributed by atoms with E-state index in [-0.39, 0.29) is 15.8 Å². The molecule has 1 N–H and O–H groups in total. The van der Waals surface area contributed by atoms with Crippen molar-refractivity contribution in [3.05, 3.63) is 29.8 Å². The van der Waals surface area contributed by atoms with Gasteiger partial charge in [-0.25, -0.2) is 8.42 Å². The summed E-state index contributed by atoms with van der Waals surface area (Å²) in [6.07, 6.45) is 0. The van der Waals surface area contributed by atoms with E-state index in [9.17, 15) is 8.42 Å². The van der Waals surface area contributed by atoms with Gasteiger partial charge in [0, 0.05) is 0 Å². The number of anilines is 1. The van der Waals surface area contributed by atoms with Crippen molar-refractivity contribution in [3.63, 3.8) is 0 Å². The molecule has 2 rings (SSSR count). The fourth-order valence-electron chi connectivity index (χ4n) is 1.29. The minimum absolute atomic E-state index is 0.171. The maximum absolute atomic E-state index is 12.1. The molecule has 20 heavy (non-hydrogen) atoms. The third-order valence-electron chi connectivity index (χ3n) is 2.22. The van der Waals surface area contributed by atoms with E-state index in [2.05, 4.69) is 14.9 Å². The predicted molar refractivity (Wildman–Crippen MR) is 78.2 cm³/mol. The second kappa shape index (κ2) is 6.21. The molecular weight excluding hydrogens is 316 g/mol. The van der Waals surface area contributed by atoms with E-state index in [0.29, 0.717) is 4.34 Å². The Balaban J connectivity index is 2.14. The summed E-state index contributed by atoms with van der Waals surface area (Å²) < 4.78 is 27.1. The van der Waals surface area contributed by atoms with E-state index in [1.54, 1.807) is 12.1 Å². The Morgan fingerprint density at radius 3 is 2.70 bits per heavy atom. The number of nitrogens with zero attached hydrogens (tertiary/aromatic N) is 3. The first-order chi connectivity index (χ1) is 9.51. The minimum Gasteiger partial charge on any atom is -0.253 e. The number of hydrogen-bond acceptors (Lipinski definition) is 7. The average molecular weight is 326 g/mol. The Hall–Kier alpha value is -1.63.